The van der Waals surface area contributed by atoms with Crippen LogP contribution in [0.4, 0.5) is 0 Å². The normalized spacial score (nSPS) is 11.9. The van der Waals surface area contributed by atoms with Crippen molar-refractivity contribution in [1.82, 2.24) is 0 Å². The standard InChI is InChI=1S/C19H22SSe/c1-16(2)15-21-19(13-17-9-5-3-6-10-17)20-14-18-11-7-4-8-12-18/h3-13,16H,14-15H2,1-2H3/b19-13+. The first-order valence-electron chi connectivity index (χ1n) is 7.30. The second-order valence-electron chi connectivity index (χ2n) is 5.35. The van der Waals surface area contributed by atoms with Crippen LogP contribution in [0.2, 0.25) is 5.32 Å². The fraction of sp³-hybridized carbons (Fsp3) is 0.263. The Morgan fingerprint density at radius 2 is 1.62 bits per heavy atom. The predicted molar refractivity (Wildman–Crippen MR) is 97.6 cm³/mol. The van der Waals surface area contributed by atoms with Crippen LogP contribution in [0.3, 0.4) is 0 Å². The number of hydrogen-bond donors (Lipinski definition) is 0. The van der Waals surface area contributed by atoms with Gasteiger partial charge in [-0.1, -0.05) is 0 Å². The summed E-state index contributed by atoms with van der Waals surface area (Å²) in [5.41, 5.74) is 2.72. The van der Waals surface area contributed by atoms with Gasteiger partial charge < -0.3 is 0 Å². The van der Waals surface area contributed by atoms with Crippen LogP contribution in [0.5, 0.6) is 0 Å². The van der Waals surface area contributed by atoms with Gasteiger partial charge in [0, 0.05) is 0 Å². The third-order valence-corrected chi connectivity index (χ3v) is 7.69. The Morgan fingerprint density at radius 3 is 2.24 bits per heavy atom. The first-order chi connectivity index (χ1) is 10.2. The van der Waals surface area contributed by atoms with Crippen LogP contribution in [0.25, 0.3) is 6.08 Å². The topological polar surface area (TPSA) is 0 Å². The van der Waals surface area contributed by atoms with Crippen molar-refractivity contribution < 1.29 is 0 Å². The SMILES string of the molecule is CC(C)C[Se]/C(=C/c1ccccc1)SCc1ccccc1. The number of rotatable bonds is 7. The number of hydrogen-bond acceptors (Lipinski definition) is 1. The van der Waals surface area contributed by atoms with E-state index in [9.17, 15) is 0 Å². The van der Waals surface area contributed by atoms with Crippen LogP contribution in [0.15, 0.2) is 64.5 Å². The van der Waals surface area contributed by atoms with Gasteiger partial charge in [0.1, 0.15) is 0 Å². The van der Waals surface area contributed by atoms with Crippen molar-refractivity contribution in [1.29, 1.82) is 0 Å². The molecule has 0 aliphatic heterocycles. The van der Waals surface area contributed by atoms with Crippen molar-refractivity contribution >= 4 is 32.8 Å². The van der Waals surface area contributed by atoms with E-state index in [0.29, 0.717) is 15.0 Å². The Morgan fingerprint density at radius 1 is 1.00 bits per heavy atom. The molecule has 0 aliphatic rings. The molecule has 110 valence electrons. The van der Waals surface area contributed by atoms with Gasteiger partial charge in [-0.25, -0.2) is 0 Å². The van der Waals surface area contributed by atoms with E-state index in [4.69, 9.17) is 0 Å². The second-order valence-corrected chi connectivity index (χ2v) is 9.18. The number of benzene rings is 2. The molecule has 0 aromatic heterocycles. The molecular formula is C19H22SSe. The average molecular weight is 361 g/mol. The zero-order valence-electron chi connectivity index (χ0n) is 12.7. The fourth-order valence-electron chi connectivity index (χ4n) is 1.79. The van der Waals surface area contributed by atoms with Crippen molar-refractivity contribution in [3.05, 3.63) is 75.6 Å². The van der Waals surface area contributed by atoms with Gasteiger partial charge in [-0.05, 0) is 0 Å². The summed E-state index contributed by atoms with van der Waals surface area (Å²) in [6, 6.07) is 21.4. The second kappa shape index (κ2) is 9.15. The molecule has 0 atom stereocenters. The van der Waals surface area contributed by atoms with E-state index in [0.717, 1.165) is 11.7 Å². The maximum absolute atomic E-state index is 2.37. The van der Waals surface area contributed by atoms with Gasteiger partial charge in [0.15, 0.2) is 0 Å². The minimum absolute atomic E-state index is 0.573. The van der Waals surface area contributed by atoms with Gasteiger partial charge in [-0.15, -0.1) is 0 Å². The van der Waals surface area contributed by atoms with E-state index < -0.39 is 0 Å². The molecule has 0 fully saturated rings. The first kappa shape index (κ1) is 16.4. The molecule has 0 spiro atoms. The summed E-state index contributed by atoms with van der Waals surface area (Å²) in [6.45, 7) is 4.62. The molecule has 0 unspecified atom stereocenters. The third-order valence-electron chi connectivity index (χ3n) is 2.87. The zero-order chi connectivity index (χ0) is 14.9. The quantitative estimate of drug-likeness (QED) is 0.570. The molecule has 2 rings (SSSR count). The van der Waals surface area contributed by atoms with Crippen LogP contribution >= 0.6 is 11.8 Å². The Bertz CT molecular complexity index is 546. The third kappa shape index (κ3) is 6.56. The predicted octanol–water partition coefficient (Wildman–Crippen LogP) is 5.70. The van der Waals surface area contributed by atoms with Crippen molar-refractivity contribution in [2.75, 3.05) is 0 Å². The van der Waals surface area contributed by atoms with Crippen LogP contribution in [0.1, 0.15) is 25.0 Å². The first-order valence-corrected chi connectivity index (χ1v) is 10.4. The Balaban J connectivity index is 2.03. The monoisotopic (exact) mass is 362 g/mol. The molecule has 0 amide bonds. The maximum atomic E-state index is 2.37. The van der Waals surface area contributed by atoms with E-state index in [-0.39, 0.29) is 0 Å². The molecule has 2 heteroatoms. The molecule has 2 aromatic rings. The van der Waals surface area contributed by atoms with E-state index in [1.807, 2.05) is 11.8 Å². The molecule has 0 heterocycles. The average Bonchev–Trinajstić information content (AvgIpc) is 2.52. The summed E-state index contributed by atoms with van der Waals surface area (Å²) >= 11 is 2.57. The van der Waals surface area contributed by atoms with E-state index in [1.165, 1.54) is 16.4 Å². The van der Waals surface area contributed by atoms with E-state index >= 15 is 0 Å². The molecule has 21 heavy (non-hydrogen) atoms. The zero-order valence-corrected chi connectivity index (χ0v) is 15.2. The van der Waals surface area contributed by atoms with Gasteiger partial charge in [0.05, 0.1) is 0 Å². The Labute approximate surface area is 139 Å². The molecule has 0 bridgehead atoms. The van der Waals surface area contributed by atoms with Crippen LogP contribution in [-0.2, 0) is 5.75 Å². The molecule has 0 radical (unpaired) electrons. The Kier molecular flexibility index (Phi) is 7.15. The molecular weight excluding hydrogens is 339 g/mol. The van der Waals surface area contributed by atoms with Crippen LogP contribution in [0, 0.1) is 5.92 Å². The molecule has 0 N–H and O–H groups in total. The van der Waals surface area contributed by atoms with E-state index in [2.05, 4.69) is 80.6 Å². The van der Waals surface area contributed by atoms with Crippen LogP contribution in [-0.4, -0.2) is 15.0 Å². The van der Waals surface area contributed by atoms with Gasteiger partial charge in [-0.3, -0.25) is 0 Å². The van der Waals surface area contributed by atoms with Crippen LogP contribution < -0.4 is 0 Å². The van der Waals surface area contributed by atoms with Crippen molar-refractivity contribution in [3.8, 4) is 0 Å². The molecule has 0 saturated carbocycles. The summed E-state index contributed by atoms with van der Waals surface area (Å²) in [4.78, 5) is 0. The minimum atomic E-state index is 0.573. The summed E-state index contributed by atoms with van der Waals surface area (Å²) in [5, 5.41) is 1.31. The number of thioether (sulfide) groups is 1. The summed E-state index contributed by atoms with van der Waals surface area (Å²) in [5.74, 6) is 1.85. The van der Waals surface area contributed by atoms with Gasteiger partial charge >= 0.3 is 139 Å². The molecule has 2 aromatic carbocycles. The fourth-order valence-corrected chi connectivity index (χ4v) is 5.35. The van der Waals surface area contributed by atoms with Crippen molar-refractivity contribution in [3.63, 3.8) is 0 Å². The van der Waals surface area contributed by atoms with Gasteiger partial charge in [0.2, 0.25) is 0 Å². The van der Waals surface area contributed by atoms with Crippen molar-refractivity contribution in [2.24, 2.45) is 5.92 Å². The molecule has 0 aliphatic carbocycles. The summed E-state index contributed by atoms with van der Waals surface area (Å²) in [7, 11) is 0. The molecule has 0 saturated heterocycles. The van der Waals surface area contributed by atoms with Crippen molar-refractivity contribution in [2.45, 2.75) is 24.9 Å². The van der Waals surface area contributed by atoms with Gasteiger partial charge in [0.25, 0.3) is 0 Å². The summed E-state index contributed by atoms with van der Waals surface area (Å²) in [6.07, 6.45) is 2.37. The van der Waals surface area contributed by atoms with Gasteiger partial charge in [-0.2, -0.15) is 0 Å². The van der Waals surface area contributed by atoms with E-state index in [1.54, 1.807) is 3.80 Å². The Hall–Kier alpha value is -0.951. The molecule has 0 nitrogen and oxygen atoms in total. The summed E-state index contributed by atoms with van der Waals surface area (Å²) < 4.78 is 1.55.